The molecule has 5 heteroatoms. The van der Waals surface area contributed by atoms with Gasteiger partial charge in [0.05, 0.1) is 0 Å². The highest BCUT2D eigenvalue weighted by Crippen LogP contribution is 2.34. The van der Waals surface area contributed by atoms with Gasteiger partial charge in [-0.3, -0.25) is 4.79 Å². The highest BCUT2D eigenvalue weighted by molar-refractivity contribution is 6.09. The Kier molecular flexibility index (Phi) is 3.71. The summed E-state index contributed by atoms with van der Waals surface area (Å²) in [5, 5.41) is 14.8. The third-order valence-corrected chi connectivity index (χ3v) is 4.90. The average molecular weight is 337 g/mol. The Morgan fingerprint density at radius 2 is 1.96 bits per heavy atom. The summed E-state index contributed by atoms with van der Waals surface area (Å²) in [5.74, 6) is -0.874. The fourth-order valence-electron chi connectivity index (χ4n) is 3.30. The molecule has 1 fully saturated rings. The van der Waals surface area contributed by atoms with Gasteiger partial charge in [-0.05, 0) is 24.6 Å². The number of nitrogens with one attached hydrogen (secondary N) is 1. The number of aryl methyl sites for hydroxylation is 1. The first-order chi connectivity index (χ1) is 12.0. The monoisotopic (exact) mass is 337 g/mol. The van der Waals surface area contributed by atoms with Crippen LogP contribution in [-0.4, -0.2) is 23.0 Å². The van der Waals surface area contributed by atoms with Gasteiger partial charge in [0.25, 0.3) is 5.91 Å². The fraction of sp³-hybridized carbons (Fsp3) is 0.300. The summed E-state index contributed by atoms with van der Waals surface area (Å²) in [6, 6.07) is 10.9. The van der Waals surface area contributed by atoms with E-state index < -0.39 is 17.9 Å². The van der Waals surface area contributed by atoms with E-state index in [2.05, 4.69) is 5.32 Å². The van der Waals surface area contributed by atoms with Crippen molar-refractivity contribution in [1.82, 2.24) is 5.32 Å². The van der Waals surface area contributed by atoms with Crippen molar-refractivity contribution in [2.24, 2.45) is 5.92 Å². The minimum Gasteiger partial charge on any atom is -0.480 e. The first kappa shape index (κ1) is 15.7. The minimum atomic E-state index is -1.00. The second-order valence-corrected chi connectivity index (χ2v) is 6.76. The molecule has 1 aliphatic rings. The van der Waals surface area contributed by atoms with Crippen LogP contribution in [0.5, 0.6) is 0 Å². The molecular formula is C20H19NO4. The van der Waals surface area contributed by atoms with E-state index >= 15 is 0 Å². The van der Waals surface area contributed by atoms with Crippen molar-refractivity contribution in [3.63, 3.8) is 0 Å². The molecule has 0 radical (unpaired) electrons. The van der Waals surface area contributed by atoms with E-state index in [0.717, 1.165) is 34.6 Å². The van der Waals surface area contributed by atoms with Gasteiger partial charge in [0, 0.05) is 16.3 Å². The number of carbonyl (C=O) groups is 2. The molecular weight excluding hydrogens is 318 g/mol. The highest BCUT2D eigenvalue weighted by atomic mass is 16.4. The normalized spacial score (nSPS) is 15.4. The highest BCUT2D eigenvalue weighted by Gasteiger charge is 2.31. The Morgan fingerprint density at radius 3 is 2.68 bits per heavy atom. The Balaban J connectivity index is 1.70. The second-order valence-electron chi connectivity index (χ2n) is 6.76. The number of carbonyl (C=O) groups excluding carboxylic acids is 1. The van der Waals surface area contributed by atoms with Crippen LogP contribution in [0, 0.1) is 12.8 Å². The number of furan rings is 1. The number of aliphatic carboxylic acids is 1. The molecule has 4 rings (SSSR count). The zero-order valence-electron chi connectivity index (χ0n) is 13.9. The summed E-state index contributed by atoms with van der Waals surface area (Å²) < 4.78 is 5.87. The molecule has 1 aliphatic carbocycles. The second kappa shape index (κ2) is 5.92. The molecule has 5 nitrogen and oxygen atoms in total. The standard InChI is InChI=1S/C20H19NO4/c1-11-14-9-8-13-4-2-3-5-15(13)18(14)25-17(11)19(22)21-16(20(23)24)10-12-6-7-12/h2-5,8-9,12,16H,6-7,10H2,1H3,(H,21,22)(H,23,24). The molecule has 2 N–H and O–H groups in total. The van der Waals surface area contributed by atoms with Gasteiger partial charge in [-0.1, -0.05) is 49.2 Å². The lowest BCUT2D eigenvalue weighted by molar-refractivity contribution is -0.139. The first-order valence-corrected chi connectivity index (χ1v) is 8.49. The molecule has 1 saturated carbocycles. The Labute approximate surface area is 144 Å². The van der Waals surface area contributed by atoms with Crippen molar-refractivity contribution >= 4 is 33.6 Å². The van der Waals surface area contributed by atoms with Crippen LogP contribution in [0.25, 0.3) is 21.7 Å². The number of benzene rings is 2. The Morgan fingerprint density at radius 1 is 1.20 bits per heavy atom. The quantitative estimate of drug-likeness (QED) is 0.740. The maximum Gasteiger partial charge on any atom is 0.326 e. The molecule has 2 aromatic carbocycles. The van der Waals surface area contributed by atoms with Crippen molar-refractivity contribution in [1.29, 1.82) is 0 Å². The van der Waals surface area contributed by atoms with Gasteiger partial charge in [-0.25, -0.2) is 4.79 Å². The largest absolute Gasteiger partial charge is 0.480 e. The topological polar surface area (TPSA) is 79.5 Å². The number of carboxylic acid groups (broad SMARTS) is 1. The number of hydrogen-bond donors (Lipinski definition) is 2. The lowest BCUT2D eigenvalue weighted by atomic mass is 10.1. The Hall–Kier alpha value is -2.82. The summed E-state index contributed by atoms with van der Waals surface area (Å²) in [7, 11) is 0. The summed E-state index contributed by atoms with van der Waals surface area (Å²) >= 11 is 0. The van der Waals surface area contributed by atoms with E-state index in [1.54, 1.807) is 0 Å². The number of amides is 1. The number of hydrogen-bond acceptors (Lipinski definition) is 3. The van der Waals surface area contributed by atoms with E-state index in [1.807, 2.05) is 43.3 Å². The predicted molar refractivity (Wildman–Crippen MR) is 94.7 cm³/mol. The number of carboxylic acids is 1. The van der Waals surface area contributed by atoms with E-state index in [0.29, 0.717) is 17.9 Å². The molecule has 1 unspecified atom stereocenters. The minimum absolute atomic E-state index is 0.188. The summed E-state index contributed by atoms with van der Waals surface area (Å²) in [6.45, 7) is 1.83. The SMILES string of the molecule is Cc1c(C(=O)NC(CC2CC2)C(=O)O)oc2c1ccc1ccccc12. The van der Waals surface area contributed by atoms with Crippen LogP contribution < -0.4 is 5.32 Å². The van der Waals surface area contributed by atoms with Gasteiger partial charge in [-0.2, -0.15) is 0 Å². The predicted octanol–water partition coefficient (Wildman–Crippen LogP) is 3.88. The van der Waals surface area contributed by atoms with Gasteiger partial charge in [0.15, 0.2) is 5.76 Å². The van der Waals surface area contributed by atoms with Gasteiger partial charge in [-0.15, -0.1) is 0 Å². The van der Waals surface area contributed by atoms with Crippen molar-refractivity contribution in [2.75, 3.05) is 0 Å². The average Bonchev–Trinajstić information content (AvgIpc) is 3.35. The first-order valence-electron chi connectivity index (χ1n) is 8.49. The van der Waals surface area contributed by atoms with Crippen molar-refractivity contribution in [3.05, 3.63) is 47.7 Å². The maximum absolute atomic E-state index is 12.6. The maximum atomic E-state index is 12.6. The molecule has 1 aromatic heterocycles. The van der Waals surface area contributed by atoms with Crippen LogP contribution in [-0.2, 0) is 4.79 Å². The molecule has 25 heavy (non-hydrogen) atoms. The van der Waals surface area contributed by atoms with E-state index in [9.17, 15) is 14.7 Å². The lowest BCUT2D eigenvalue weighted by Crippen LogP contribution is -2.41. The molecule has 1 heterocycles. The van der Waals surface area contributed by atoms with Crippen LogP contribution in [0.3, 0.4) is 0 Å². The van der Waals surface area contributed by atoms with Crippen molar-refractivity contribution < 1.29 is 19.1 Å². The third kappa shape index (κ3) is 2.86. The van der Waals surface area contributed by atoms with Gasteiger partial charge in [0.1, 0.15) is 11.6 Å². The number of fused-ring (bicyclic) bond motifs is 3. The van der Waals surface area contributed by atoms with Crippen LogP contribution in [0.15, 0.2) is 40.8 Å². The van der Waals surface area contributed by atoms with E-state index in [1.165, 1.54) is 0 Å². The van der Waals surface area contributed by atoms with E-state index in [-0.39, 0.29) is 5.76 Å². The molecule has 0 aliphatic heterocycles. The van der Waals surface area contributed by atoms with Crippen LogP contribution in [0.1, 0.15) is 35.4 Å². The Bertz CT molecular complexity index is 984. The molecule has 3 aromatic rings. The number of rotatable bonds is 5. The molecule has 128 valence electrons. The van der Waals surface area contributed by atoms with Gasteiger partial charge < -0.3 is 14.8 Å². The summed E-state index contributed by atoms with van der Waals surface area (Å²) in [6.07, 6.45) is 2.55. The zero-order chi connectivity index (χ0) is 17.6. The van der Waals surface area contributed by atoms with Crippen molar-refractivity contribution in [2.45, 2.75) is 32.2 Å². The van der Waals surface area contributed by atoms with Gasteiger partial charge >= 0.3 is 5.97 Å². The third-order valence-electron chi connectivity index (χ3n) is 4.90. The zero-order valence-corrected chi connectivity index (χ0v) is 13.9. The molecule has 0 spiro atoms. The van der Waals surface area contributed by atoms with Crippen LogP contribution in [0.2, 0.25) is 0 Å². The molecule has 0 saturated heterocycles. The molecule has 1 amide bonds. The van der Waals surface area contributed by atoms with Crippen molar-refractivity contribution in [3.8, 4) is 0 Å². The van der Waals surface area contributed by atoms with E-state index in [4.69, 9.17) is 4.42 Å². The summed E-state index contributed by atoms with van der Waals surface area (Å²) in [5.41, 5.74) is 1.39. The molecule has 1 atom stereocenters. The smallest absolute Gasteiger partial charge is 0.326 e. The van der Waals surface area contributed by atoms with Crippen LogP contribution >= 0.6 is 0 Å². The summed E-state index contributed by atoms with van der Waals surface area (Å²) in [4.78, 5) is 24.0. The molecule has 0 bridgehead atoms. The van der Waals surface area contributed by atoms with Crippen LogP contribution in [0.4, 0.5) is 0 Å². The fourth-order valence-corrected chi connectivity index (χ4v) is 3.30. The lowest BCUT2D eigenvalue weighted by Gasteiger charge is -2.13. The van der Waals surface area contributed by atoms with Gasteiger partial charge in [0.2, 0.25) is 0 Å².